The number of H-pyrrole nitrogens is 1. The summed E-state index contributed by atoms with van der Waals surface area (Å²) in [6, 6.07) is 8.10. The second-order valence-electron chi connectivity index (χ2n) is 4.68. The molecule has 0 spiro atoms. The first-order valence-corrected chi connectivity index (χ1v) is 5.88. The SMILES string of the molecule is CCC(O)(c1cccc2[nH]ccc12)C(C)C. The third-order valence-corrected chi connectivity index (χ3v) is 3.56. The maximum atomic E-state index is 10.8. The van der Waals surface area contributed by atoms with Crippen molar-refractivity contribution in [2.75, 3.05) is 0 Å². The zero-order chi connectivity index (χ0) is 11.8. The Bertz CT molecular complexity index is 486. The number of nitrogens with one attached hydrogen (secondary N) is 1. The van der Waals surface area contributed by atoms with Gasteiger partial charge < -0.3 is 10.1 Å². The van der Waals surface area contributed by atoms with Gasteiger partial charge in [0, 0.05) is 17.1 Å². The average Bonchev–Trinajstić information content (AvgIpc) is 2.75. The molecule has 2 N–H and O–H groups in total. The Hall–Kier alpha value is -1.28. The first kappa shape index (κ1) is 11.2. The van der Waals surface area contributed by atoms with Gasteiger partial charge in [-0.05, 0) is 30.0 Å². The van der Waals surface area contributed by atoms with E-state index in [1.807, 2.05) is 37.4 Å². The Morgan fingerprint density at radius 3 is 2.69 bits per heavy atom. The second-order valence-corrected chi connectivity index (χ2v) is 4.68. The van der Waals surface area contributed by atoms with Gasteiger partial charge in [-0.3, -0.25) is 0 Å². The first-order chi connectivity index (χ1) is 7.59. The van der Waals surface area contributed by atoms with Crippen LogP contribution in [0.3, 0.4) is 0 Å². The summed E-state index contributed by atoms with van der Waals surface area (Å²) < 4.78 is 0. The zero-order valence-electron chi connectivity index (χ0n) is 10.1. The molecule has 0 aliphatic heterocycles. The lowest BCUT2D eigenvalue weighted by Gasteiger charge is -2.32. The maximum absolute atomic E-state index is 10.8. The van der Waals surface area contributed by atoms with Gasteiger partial charge in [-0.1, -0.05) is 32.9 Å². The van der Waals surface area contributed by atoms with Crippen LogP contribution >= 0.6 is 0 Å². The molecule has 0 bridgehead atoms. The monoisotopic (exact) mass is 217 g/mol. The molecular weight excluding hydrogens is 198 g/mol. The topological polar surface area (TPSA) is 36.0 Å². The highest BCUT2D eigenvalue weighted by molar-refractivity contribution is 5.83. The van der Waals surface area contributed by atoms with Crippen molar-refractivity contribution in [2.24, 2.45) is 5.92 Å². The normalized spacial score (nSPS) is 15.6. The summed E-state index contributed by atoms with van der Waals surface area (Å²) in [5.74, 6) is 0.206. The number of rotatable bonds is 3. The van der Waals surface area contributed by atoms with Gasteiger partial charge in [0.15, 0.2) is 0 Å². The molecular formula is C14H19NO. The van der Waals surface area contributed by atoms with E-state index >= 15 is 0 Å². The largest absolute Gasteiger partial charge is 0.385 e. The predicted molar refractivity (Wildman–Crippen MR) is 67.3 cm³/mol. The molecule has 1 unspecified atom stereocenters. The van der Waals surface area contributed by atoms with Crippen molar-refractivity contribution >= 4 is 10.9 Å². The van der Waals surface area contributed by atoms with Crippen LogP contribution in [0.4, 0.5) is 0 Å². The molecule has 2 nitrogen and oxygen atoms in total. The van der Waals surface area contributed by atoms with Crippen LogP contribution in [0.1, 0.15) is 32.8 Å². The lowest BCUT2D eigenvalue weighted by molar-refractivity contribution is -0.0126. The van der Waals surface area contributed by atoms with Crippen LogP contribution in [0.15, 0.2) is 30.5 Å². The molecule has 1 aromatic heterocycles. The molecule has 0 amide bonds. The van der Waals surface area contributed by atoms with Crippen molar-refractivity contribution in [2.45, 2.75) is 32.8 Å². The summed E-state index contributed by atoms with van der Waals surface area (Å²) in [6.45, 7) is 6.16. The van der Waals surface area contributed by atoms with Crippen LogP contribution in [-0.2, 0) is 5.60 Å². The molecule has 0 radical (unpaired) electrons. The van der Waals surface area contributed by atoms with Crippen molar-refractivity contribution in [1.29, 1.82) is 0 Å². The Kier molecular flexibility index (Phi) is 2.76. The molecule has 1 heterocycles. The quantitative estimate of drug-likeness (QED) is 0.812. The summed E-state index contributed by atoms with van der Waals surface area (Å²) in [4.78, 5) is 3.18. The smallest absolute Gasteiger partial charge is 0.0923 e. The lowest BCUT2D eigenvalue weighted by atomic mass is 9.80. The third kappa shape index (κ3) is 1.54. The van der Waals surface area contributed by atoms with E-state index < -0.39 is 5.60 Å². The summed E-state index contributed by atoms with van der Waals surface area (Å²) in [6.07, 6.45) is 2.65. The summed E-state index contributed by atoms with van der Waals surface area (Å²) >= 11 is 0. The van der Waals surface area contributed by atoms with E-state index in [-0.39, 0.29) is 5.92 Å². The third-order valence-electron chi connectivity index (χ3n) is 3.56. The zero-order valence-corrected chi connectivity index (χ0v) is 10.1. The highest BCUT2D eigenvalue weighted by Crippen LogP contribution is 2.36. The van der Waals surface area contributed by atoms with Crippen LogP contribution in [0.25, 0.3) is 10.9 Å². The summed E-state index contributed by atoms with van der Waals surface area (Å²) in [5.41, 5.74) is 1.38. The summed E-state index contributed by atoms with van der Waals surface area (Å²) in [5, 5.41) is 11.9. The molecule has 0 saturated carbocycles. The lowest BCUT2D eigenvalue weighted by Crippen LogP contribution is -2.31. The number of aromatic nitrogens is 1. The van der Waals surface area contributed by atoms with Crippen molar-refractivity contribution in [1.82, 2.24) is 4.98 Å². The van der Waals surface area contributed by atoms with E-state index in [1.165, 1.54) is 0 Å². The molecule has 86 valence electrons. The van der Waals surface area contributed by atoms with Crippen molar-refractivity contribution in [3.8, 4) is 0 Å². The van der Waals surface area contributed by atoms with Gasteiger partial charge in [-0.2, -0.15) is 0 Å². The number of hydrogen-bond donors (Lipinski definition) is 2. The van der Waals surface area contributed by atoms with Crippen LogP contribution in [0, 0.1) is 5.92 Å². The van der Waals surface area contributed by atoms with Crippen LogP contribution in [-0.4, -0.2) is 10.1 Å². The predicted octanol–water partition coefficient (Wildman–Crippen LogP) is 3.42. The van der Waals surface area contributed by atoms with Crippen LogP contribution < -0.4 is 0 Å². The molecule has 0 fully saturated rings. The molecule has 2 heteroatoms. The number of fused-ring (bicyclic) bond motifs is 1. The van der Waals surface area contributed by atoms with Gasteiger partial charge in [0.1, 0.15) is 0 Å². The minimum Gasteiger partial charge on any atom is -0.385 e. The minimum absolute atomic E-state index is 0.206. The first-order valence-electron chi connectivity index (χ1n) is 5.88. The number of benzene rings is 1. The molecule has 0 saturated heterocycles. The number of hydrogen-bond acceptors (Lipinski definition) is 1. The van der Waals surface area contributed by atoms with Gasteiger partial charge in [0.05, 0.1) is 5.60 Å². The maximum Gasteiger partial charge on any atom is 0.0923 e. The van der Waals surface area contributed by atoms with Gasteiger partial charge in [-0.25, -0.2) is 0 Å². The van der Waals surface area contributed by atoms with Gasteiger partial charge >= 0.3 is 0 Å². The minimum atomic E-state index is -0.734. The molecule has 2 rings (SSSR count). The average molecular weight is 217 g/mol. The molecule has 0 aliphatic carbocycles. The highest BCUT2D eigenvalue weighted by atomic mass is 16.3. The fourth-order valence-electron chi connectivity index (χ4n) is 2.37. The molecule has 1 atom stereocenters. The van der Waals surface area contributed by atoms with Crippen LogP contribution in [0.2, 0.25) is 0 Å². The van der Waals surface area contributed by atoms with E-state index in [9.17, 15) is 5.11 Å². The second kappa shape index (κ2) is 3.95. The Balaban J connectivity index is 2.65. The van der Waals surface area contributed by atoms with E-state index in [0.717, 1.165) is 22.9 Å². The Morgan fingerprint density at radius 1 is 1.31 bits per heavy atom. The fourth-order valence-corrected chi connectivity index (χ4v) is 2.37. The fraction of sp³-hybridized carbons (Fsp3) is 0.429. The van der Waals surface area contributed by atoms with Crippen molar-refractivity contribution in [3.63, 3.8) is 0 Å². The molecule has 0 aliphatic rings. The van der Waals surface area contributed by atoms with Gasteiger partial charge in [0.2, 0.25) is 0 Å². The molecule has 2 aromatic rings. The van der Waals surface area contributed by atoms with E-state index in [1.54, 1.807) is 0 Å². The highest BCUT2D eigenvalue weighted by Gasteiger charge is 2.32. The molecule has 1 aromatic carbocycles. The summed E-state index contributed by atoms with van der Waals surface area (Å²) in [7, 11) is 0. The van der Waals surface area contributed by atoms with E-state index in [2.05, 4.69) is 18.8 Å². The Labute approximate surface area is 96.3 Å². The van der Waals surface area contributed by atoms with E-state index in [0.29, 0.717) is 0 Å². The van der Waals surface area contributed by atoms with Gasteiger partial charge in [-0.15, -0.1) is 0 Å². The van der Waals surface area contributed by atoms with Crippen molar-refractivity contribution in [3.05, 3.63) is 36.0 Å². The van der Waals surface area contributed by atoms with E-state index in [4.69, 9.17) is 0 Å². The molecule has 16 heavy (non-hydrogen) atoms. The van der Waals surface area contributed by atoms with Gasteiger partial charge in [0.25, 0.3) is 0 Å². The van der Waals surface area contributed by atoms with Crippen molar-refractivity contribution < 1.29 is 5.11 Å². The standard InChI is InChI=1S/C14H19NO/c1-4-14(16,10(2)3)12-6-5-7-13-11(12)8-9-15-13/h5-10,15-16H,4H2,1-3H3. The Morgan fingerprint density at radius 2 is 2.06 bits per heavy atom. The van der Waals surface area contributed by atoms with Crippen LogP contribution in [0.5, 0.6) is 0 Å². The number of aromatic amines is 1. The number of aliphatic hydroxyl groups is 1.